The third kappa shape index (κ3) is 2.98. The van der Waals surface area contributed by atoms with Crippen LogP contribution in [0.3, 0.4) is 0 Å². The summed E-state index contributed by atoms with van der Waals surface area (Å²) in [6.45, 7) is 3.23. The lowest BCUT2D eigenvalue weighted by Gasteiger charge is -2.27. The smallest absolute Gasteiger partial charge is 0.317 e. The van der Waals surface area contributed by atoms with Crippen LogP contribution in [0.2, 0.25) is 0 Å². The number of carbonyl (C=O) groups excluding carboxylic acids is 1. The van der Waals surface area contributed by atoms with E-state index in [1.165, 1.54) is 0 Å². The summed E-state index contributed by atoms with van der Waals surface area (Å²) < 4.78 is 7.37. The molecule has 1 aliphatic rings. The van der Waals surface area contributed by atoms with E-state index >= 15 is 0 Å². The Balaban J connectivity index is 1.56. The van der Waals surface area contributed by atoms with Crippen LogP contribution in [0.15, 0.2) is 22.8 Å². The van der Waals surface area contributed by atoms with Crippen molar-refractivity contribution in [3.05, 3.63) is 35.8 Å². The van der Waals surface area contributed by atoms with Crippen molar-refractivity contribution in [3.8, 4) is 0 Å². The van der Waals surface area contributed by atoms with Gasteiger partial charge in [-0.15, -0.1) is 10.2 Å². The molecule has 0 saturated heterocycles. The molecule has 1 unspecified atom stereocenters. The van der Waals surface area contributed by atoms with Crippen molar-refractivity contribution in [3.63, 3.8) is 0 Å². The summed E-state index contributed by atoms with van der Waals surface area (Å²) in [6, 6.07) is 3.79. The average Bonchev–Trinajstić information content (AvgIpc) is 3.10. The highest BCUT2D eigenvalue weighted by Crippen LogP contribution is 2.18. The molecule has 2 aromatic rings. The zero-order chi connectivity index (χ0) is 15.5. The number of aryl methyl sites for hydroxylation is 2. The van der Waals surface area contributed by atoms with Crippen molar-refractivity contribution in [2.75, 3.05) is 7.05 Å². The van der Waals surface area contributed by atoms with Crippen LogP contribution in [0.5, 0.6) is 0 Å². The Morgan fingerprint density at radius 3 is 3.14 bits per heavy atom. The molecule has 0 radical (unpaired) electrons. The van der Waals surface area contributed by atoms with Crippen LogP contribution in [0, 0.1) is 6.92 Å². The minimum Gasteiger partial charge on any atom is -0.467 e. The first-order valence-electron chi connectivity index (χ1n) is 7.57. The SMILES string of the molecule is Cc1nnc2n1CCC(N(C)C(=O)NCc1ccco1)CC2. The molecule has 2 aromatic heterocycles. The van der Waals surface area contributed by atoms with E-state index in [2.05, 4.69) is 20.1 Å². The molecule has 0 fully saturated rings. The van der Waals surface area contributed by atoms with Crippen LogP contribution in [-0.4, -0.2) is 38.8 Å². The van der Waals surface area contributed by atoms with Gasteiger partial charge in [-0.3, -0.25) is 0 Å². The standard InChI is InChI=1S/C15H21N5O2/c1-11-17-18-14-6-5-12(7-8-20(11)14)19(2)15(21)16-10-13-4-3-9-22-13/h3-4,9,12H,5-8,10H2,1-2H3,(H,16,21). The summed E-state index contributed by atoms with van der Waals surface area (Å²) >= 11 is 0. The monoisotopic (exact) mass is 303 g/mol. The molecule has 1 N–H and O–H groups in total. The first kappa shape index (κ1) is 14.6. The Morgan fingerprint density at radius 1 is 1.50 bits per heavy atom. The molecule has 0 bridgehead atoms. The second kappa shape index (κ2) is 6.21. The van der Waals surface area contributed by atoms with E-state index < -0.39 is 0 Å². The normalized spacial score (nSPS) is 17.6. The van der Waals surface area contributed by atoms with Gasteiger partial charge in [-0.05, 0) is 31.9 Å². The largest absolute Gasteiger partial charge is 0.467 e. The Hall–Kier alpha value is -2.31. The van der Waals surface area contributed by atoms with E-state index in [4.69, 9.17) is 4.42 Å². The first-order valence-corrected chi connectivity index (χ1v) is 7.57. The Morgan fingerprint density at radius 2 is 2.36 bits per heavy atom. The molecule has 7 heteroatoms. The number of amides is 2. The molecular formula is C15H21N5O2. The second-order valence-electron chi connectivity index (χ2n) is 5.65. The van der Waals surface area contributed by atoms with Crippen molar-refractivity contribution < 1.29 is 9.21 Å². The van der Waals surface area contributed by atoms with Gasteiger partial charge in [0.2, 0.25) is 0 Å². The topological polar surface area (TPSA) is 76.2 Å². The quantitative estimate of drug-likeness (QED) is 0.937. The maximum Gasteiger partial charge on any atom is 0.317 e. The van der Waals surface area contributed by atoms with Gasteiger partial charge in [-0.25, -0.2) is 4.79 Å². The summed E-state index contributed by atoms with van der Waals surface area (Å²) in [6.07, 6.45) is 4.27. The van der Waals surface area contributed by atoms with Crippen molar-refractivity contribution in [2.24, 2.45) is 0 Å². The molecule has 1 aliphatic heterocycles. The van der Waals surface area contributed by atoms with E-state index in [9.17, 15) is 4.79 Å². The summed E-state index contributed by atoms with van der Waals surface area (Å²) in [4.78, 5) is 14.1. The number of rotatable bonds is 3. The molecule has 1 atom stereocenters. The first-order chi connectivity index (χ1) is 10.6. The van der Waals surface area contributed by atoms with Gasteiger partial charge in [-0.2, -0.15) is 0 Å². The number of fused-ring (bicyclic) bond motifs is 1. The van der Waals surface area contributed by atoms with Gasteiger partial charge >= 0.3 is 6.03 Å². The minimum atomic E-state index is -0.0733. The lowest BCUT2D eigenvalue weighted by atomic mass is 10.1. The zero-order valence-electron chi connectivity index (χ0n) is 13.0. The third-order valence-electron chi connectivity index (χ3n) is 4.26. The van der Waals surface area contributed by atoms with Crippen LogP contribution in [0.4, 0.5) is 4.79 Å². The summed E-state index contributed by atoms with van der Waals surface area (Å²) in [5.74, 6) is 2.72. The summed E-state index contributed by atoms with van der Waals surface area (Å²) in [5, 5.41) is 11.2. The number of nitrogens with one attached hydrogen (secondary N) is 1. The van der Waals surface area contributed by atoms with E-state index in [0.29, 0.717) is 6.54 Å². The zero-order valence-corrected chi connectivity index (χ0v) is 13.0. The highest BCUT2D eigenvalue weighted by atomic mass is 16.3. The molecule has 0 aliphatic carbocycles. The van der Waals surface area contributed by atoms with Gasteiger partial charge in [0.05, 0.1) is 12.8 Å². The third-order valence-corrected chi connectivity index (χ3v) is 4.26. The van der Waals surface area contributed by atoms with Gasteiger partial charge in [0.25, 0.3) is 0 Å². The molecule has 7 nitrogen and oxygen atoms in total. The van der Waals surface area contributed by atoms with Crippen LogP contribution in [0.25, 0.3) is 0 Å². The van der Waals surface area contributed by atoms with E-state index in [1.807, 2.05) is 26.1 Å². The molecule has 118 valence electrons. The van der Waals surface area contributed by atoms with Crippen molar-refractivity contribution in [2.45, 2.75) is 45.3 Å². The fourth-order valence-electron chi connectivity index (χ4n) is 2.87. The molecule has 3 rings (SSSR count). The molecule has 3 heterocycles. The fraction of sp³-hybridized carbons (Fsp3) is 0.533. The van der Waals surface area contributed by atoms with Gasteiger partial charge in [-0.1, -0.05) is 0 Å². The predicted molar refractivity (Wildman–Crippen MR) is 80.2 cm³/mol. The van der Waals surface area contributed by atoms with Crippen LogP contribution >= 0.6 is 0 Å². The van der Waals surface area contributed by atoms with Gasteiger partial charge < -0.3 is 19.2 Å². The van der Waals surface area contributed by atoms with Crippen LogP contribution in [-0.2, 0) is 19.5 Å². The van der Waals surface area contributed by atoms with Crippen molar-refractivity contribution in [1.29, 1.82) is 0 Å². The summed E-state index contributed by atoms with van der Waals surface area (Å²) in [7, 11) is 1.85. The molecule has 0 spiro atoms. The Labute approximate surface area is 129 Å². The molecule has 0 saturated carbocycles. The maximum atomic E-state index is 12.3. The number of nitrogens with zero attached hydrogens (tertiary/aromatic N) is 4. The number of hydrogen-bond acceptors (Lipinski definition) is 4. The van der Waals surface area contributed by atoms with Crippen molar-refractivity contribution in [1.82, 2.24) is 25.0 Å². The van der Waals surface area contributed by atoms with Gasteiger partial charge in [0.1, 0.15) is 17.4 Å². The Kier molecular flexibility index (Phi) is 4.13. The minimum absolute atomic E-state index is 0.0733. The number of aromatic nitrogens is 3. The number of urea groups is 1. The predicted octanol–water partition coefficient (Wildman–Crippen LogP) is 1.73. The fourth-order valence-corrected chi connectivity index (χ4v) is 2.87. The molecular weight excluding hydrogens is 282 g/mol. The molecule has 0 aromatic carbocycles. The molecule has 2 amide bonds. The lowest BCUT2D eigenvalue weighted by Crippen LogP contribution is -2.43. The highest BCUT2D eigenvalue weighted by Gasteiger charge is 2.24. The second-order valence-corrected chi connectivity index (χ2v) is 5.65. The number of hydrogen-bond donors (Lipinski definition) is 1. The van der Waals surface area contributed by atoms with E-state index in [0.717, 1.165) is 43.2 Å². The number of furan rings is 1. The van der Waals surface area contributed by atoms with Crippen molar-refractivity contribution >= 4 is 6.03 Å². The Bertz CT molecular complexity index is 634. The van der Waals surface area contributed by atoms with Gasteiger partial charge in [0, 0.05) is 26.1 Å². The van der Waals surface area contributed by atoms with Gasteiger partial charge in [0.15, 0.2) is 0 Å². The number of carbonyl (C=O) groups is 1. The average molecular weight is 303 g/mol. The van der Waals surface area contributed by atoms with E-state index in [-0.39, 0.29) is 12.1 Å². The van der Waals surface area contributed by atoms with E-state index in [1.54, 1.807) is 11.2 Å². The maximum absolute atomic E-state index is 12.3. The lowest BCUT2D eigenvalue weighted by molar-refractivity contribution is 0.182. The van der Waals surface area contributed by atoms with Crippen LogP contribution in [0.1, 0.15) is 30.3 Å². The highest BCUT2D eigenvalue weighted by molar-refractivity contribution is 5.74. The van der Waals surface area contributed by atoms with Crippen LogP contribution < -0.4 is 5.32 Å². The molecule has 22 heavy (non-hydrogen) atoms. The summed E-state index contributed by atoms with van der Waals surface area (Å²) in [5.41, 5.74) is 0.